The molecule has 0 radical (unpaired) electrons. The van der Waals surface area contributed by atoms with E-state index in [1.54, 1.807) is 6.07 Å². The van der Waals surface area contributed by atoms with Crippen molar-refractivity contribution in [3.8, 4) is 0 Å². The highest BCUT2D eigenvalue weighted by molar-refractivity contribution is 9.10. The molecule has 1 unspecified atom stereocenters. The Balaban J connectivity index is 2.10. The number of nitrogens with one attached hydrogen (secondary N) is 1. The number of hydrogen-bond donors (Lipinski definition) is 1. The van der Waals surface area contributed by atoms with Gasteiger partial charge in [0, 0.05) is 0 Å². The summed E-state index contributed by atoms with van der Waals surface area (Å²) in [4.78, 5) is 4.15. The average molecular weight is 302 g/mol. The fraction of sp³-hybridized carbons (Fsp3) is 0.182. The molecule has 0 saturated carbocycles. The summed E-state index contributed by atoms with van der Waals surface area (Å²) < 4.78 is 6.16. The highest BCUT2D eigenvalue weighted by Crippen LogP contribution is 2.23. The van der Waals surface area contributed by atoms with Crippen molar-refractivity contribution in [2.24, 2.45) is 0 Å². The third-order valence-electron chi connectivity index (χ3n) is 2.10. The molecule has 0 bridgehead atoms. The van der Waals surface area contributed by atoms with Crippen molar-refractivity contribution in [1.82, 2.24) is 4.98 Å². The van der Waals surface area contributed by atoms with Crippen molar-refractivity contribution < 1.29 is 4.42 Å². The number of nitrogens with zero attached hydrogens (tertiary/aromatic N) is 1. The predicted molar refractivity (Wildman–Crippen MR) is 67.7 cm³/mol. The topological polar surface area (TPSA) is 38.1 Å². The van der Waals surface area contributed by atoms with Gasteiger partial charge in [-0.2, -0.15) is 0 Å². The highest BCUT2D eigenvalue weighted by Gasteiger charge is 2.10. The van der Waals surface area contributed by atoms with Crippen LogP contribution in [0.5, 0.6) is 0 Å². The molecule has 2 rings (SSSR count). The molecule has 16 heavy (non-hydrogen) atoms. The second-order valence-corrected chi connectivity index (χ2v) is 4.52. The van der Waals surface area contributed by atoms with Gasteiger partial charge in [0.15, 0.2) is 4.67 Å². The van der Waals surface area contributed by atoms with E-state index in [0.29, 0.717) is 5.15 Å². The summed E-state index contributed by atoms with van der Waals surface area (Å²) in [6.45, 7) is 1.99. The van der Waals surface area contributed by atoms with Crippen molar-refractivity contribution in [2.45, 2.75) is 13.0 Å². The highest BCUT2D eigenvalue weighted by atomic mass is 79.9. The summed E-state index contributed by atoms with van der Waals surface area (Å²) in [5, 5.41) is 3.67. The van der Waals surface area contributed by atoms with Crippen LogP contribution in [0.3, 0.4) is 0 Å². The monoisotopic (exact) mass is 300 g/mol. The van der Waals surface area contributed by atoms with Gasteiger partial charge >= 0.3 is 0 Å². The third-order valence-corrected chi connectivity index (χ3v) is 2.74. The molecule has 2 heterocycles. The summed E-state index contributed by atoms with van der Waals surface area (Å²) >= 11 is 9.06. The molecule has 0 fully saturated rings. The molecule has 0 aliphatic rings. The maximum atomic E-state index is 5.80. The van der Waals surface area contributed by atoms with Gasteiger partial charge in [0.25, 0.3) is 0 Å². The summed E-state index contributed by atoms with van der Waals surface area (Å²) in [6.07, 6.45) is 0. The molecule has 0 saturated heterocycles. The van der Waals surface area contributed by atoms with Crippen LogP contribution in [-0.4, -0.2) is 4.98 Å². The molecule has 5 heteroatoms. The molecule has 0 aromatic carbocycles. The summed E-state index contributed by atoms with van der Waals surface area (Å²) in [5.41, 5.74) is 0. The van der Waals surface area contributed by atoms with Gasteiger partial charge in [0.2, 0.25) is 0 Å². The molecule has 2 aromatic rings. The largest absolute Gasteiger partial charge is 0.452 e. The molecule has 0 aliphatic carbocycles. The van der Waals surface area contributed by atoms with Crippen LogP contribution in [0.1, 0.15) is 18.7 Å². The van der Waals surface area contributed by atoms with Crippen molar-refractivity contribution in [3.05, 3.63) is 45.9 Å². The SMILES string of the molecule is CC(Nc1cccc(Cl)n1)c1ccc(Br)o1. The van der Waals surface area contributed by atoms with Gasteiger partial charge in [-0.1, -0.05) is 17.7 Å². The molecular formula is C11H10BrClN2O. The van der Waals surface area contributed by atoms with Gasteiger partial charge in [-0.15, -0.1) is 0 Å². The molecule has 1 atom stereocenters. The molecule has 0 spiro atoms. The van der Waals surface area contributed by atoms with Gasteiger partial charge in [-0.3, -0.25) is 0 Å². The van der Waals surface area contributed by atoms with Gasteiger partial charge in [-0.05, 0) is 47.1 Å². The summed E-state index contributed by atoms with van der Waals surface area (Å²) in [5.74, 6) is 1.57. The zero-order valence-corrected chi connectivity index (χ0v) is 10.9. The van der Waals surface area contributed by atoms with Crippen molar-refractivity contribution in [1.29, 1.82) is 0 Å². The molecule has 84 valence electrons. The number of rotatable bonds is 3. The van der Waals surface area contributed by atoms with E-state index in [2.05, 4.69) is 26.2 Å². The van der Waals surface area contributed by atoms with E-state index in [-0.39, 0.29) is 6.04 Å². The van der Waals surface area contributed by atoms with E-state index in [1.165, 1.54) is 0 Å². The first kappa shape index (κ1) is 11.5. The lowest BCUT2D eigenvalue weighted by molar-refractivity contribution is 0.470. The van der Waals surface area contributed by atoms with Gasteiger partial charge < -0.3 is 9.73 Å². The number of furan rings is 1. The Morgan fingerprint density at radius 3 is 2.81 bits per heavy atom. The lowest BCUT2D eigenvalue weighted by Gasteiger charge is -2.11. The van der Waals surface area contributed by atoms with Crippen LogP contribution in [-0.2, 0) is 0 Å². The fourth-order valence-electron chi connectivity index (χ4n) is 1.34. The molecule has 0 amide bonds. The van der Waals surface area contributed by atoms with Gasteiger partial charge in [0.05, 0.1) is 6.04 Å². The Hall–Kier alpha value is -1.000. The van der Waals surface area contributed by atoms with E-state index in [0.717, 1.165) is 16.2 Å². The van der Waals surface area contributed by atoms with Crippen molar-refractivity contribution >= 4 is 33.3 Å². The van der Waals surface area contributed by atoms with Crippen LogP contribution < -0.4 is 5.32 Å². The number of hydrogen-bond acceptors (Lipinski definition) is 3. The standard InChI is InChI=1S/C11H10BrClN2O/c1-7(8-5-6-9(12)16-8)14-11-4-2-3-10(13)15-11/h2-7H,1H3,(H,14,15). The fourth-order valence-corrected chi connectivity index (χ4v) is 1.83. The van der Waals surface area contributed by atoms with Crippen LogP contribution in [0.4, 0.5) is 5.82 Å². The van der Waals surface area contributed by atoms with E-state index < -0.39 is 0 Å². The number of aromatic nitrogens is 1. The Bertz CT molecular complexity index is 486. The van der Waals surface area contributed by atoms with Crippen molar-refractivity contribution in [3.63, 3.8) is 0 Å². The Morgan fingerprint density at radius 1 is 1.38 bits per heavy atom. The smallest absolute Gasteiger partial charge is 0.169 e. The van der Waals surface area contributed by atoms with E-state index in [4.69, 9.17) is 16.0 Å². The molecule has 2 aromatic heterocycles. The third kappa shape index (κ3) is 2.77. The zero-order valence-electron chi connectivity index (χ0n) is 8.58. The maximum absolute atomic E-state index is 5.80. The second-order valence-electron chi connectivity index (χ2n) is 3.35. The Kier molecular flexibility index (Phi) is 3.51. The first-order valence-corrected chi connectivity index (χ1v) is 5.96. The van der Waals surface area contributed by atoms with Gasteiger partial charge in [-0.25, -0.2) is 4.98 Å². The number of halogens is 2. The molecular weight excluding hydrogens is 291 g/mol. The zero-order chi connectivity index (χ0) is 11.5. The predicted octanol–water partition coefficient (Wildman–Crippen LogP) is 4.26. The number of anilines is 1. The minimum absolute atomic E-state index is 0.0391. The summed E-state index contributed by atoms with van der Waals surface area (Å²) in [7, 11) is 0. The quantitative estimate of drug-likeness (QED) is 0.861. The Morgan fingerprint density at radius 2 is 2.19 bits per heavy atom. The van der Waals surface area contributed by atoms with E-state index in [1.807, 2.05) is 31.2 Å². The van der Waals surface area contributed by atoms with Crippen LogP contribution in [0.2, 0.25) is 5.15 Å². The molecule has 1 N–H and O–H groups in total. The minimum atomic E-state index is 0.0391. The Labute approximate surface area is 107 Å². The normalized spacial score (nSPS) is 12.4. The second kappa shape index (κ2) is 4.89. The molecule has 3 nitrogen and oxygen atoms in total. The summed E-state index contributed by atoms with van der Waals surface area (Å²) in [6, 6.07) is 9.26. The average Bonchev–Trinajstić information content (AvgIpc) is 2.65. The van der Waals surface area contributed by atoms with Crippen molar-refractivity contribution in [2.75, 3.05) is 5.32 Å². The van der Waals surface area contributed by atoms with Crippen LogP contribution in [0, 0.1) is 0 Å². The maximum Gasteiger partial charge on any atom is 0.169 e. The van der Waals surface area contributed by atoms with E-state index >= 15 is 0 Å². The first-order chi connectivity index (χ1) is 7.65. The lowest BCUT2D eigenvalue weighted by Crippen LogP contribution is -2.06. The van der Waals surface area contributed by atoms with Crippen LogP contribution in [0.15, 0.2) is 39.4 Å². The molecule has 0 aliphatic heterocycles. The number of pyridine rings is 1. The lowest BCUT2D eigenvalue weighted by atomic mass is 10.2. The van der Waals surface area contributed by atoms with Crippen LogP contribution in [0.25, 0.3) is 0 Å². The first-order valence-electron chi connectivity index (χ1n) is 4.79. The van der Waals surface area contributed by atoms with E-state index in [9.17, 15) is 0 Å². The van der Waals surface area contributed by atoms with Crippen LogP contribution >= 0.6 is 27.5 Å². The minimum Gasteiger partial charge on any atom is -0.452 e. The van der Waals surface area contributed by atoms with Gasteiger partial charge in [0.1, 0.15) is 16.7 Å².